The first-order valence-electron chi connectivity index (χ1n) is 11.7. The molecule has 3 amide bonds. The highest BCUT2D eigenvalue weighted by atomic mass is 35.5. The van der Waals surface area contributed by atoms with Crippen LogP contribution in [0.3, 0.4) is 0 Å². The predicted molar refractivity (Wildman–Crippen MR) is 151 cm³/mol. The van der Waals surface area contributed by atoms with Crippen LogP contribution in [0.1, 0.15) is 42.7 Å². The molecule has 188 valence electrons. The summed E-state index contributed by atoms with van der Waals surface area (Å²) in [5.41, 5.74) is 3.99. The van der Waals surface area contributed by atoms with E-state index in [0.717, 1.165) is 22.4 Å². The smallest absolute Gasteiger partial charge is 0.317 e. The molecule has 0 saturated heterocycles. The van der Waals surface area contributed by atoms with Crippen molar-refractivity contribution in [3.05, 3.63) is 93.5 Å². The SMILES string of the molecule is Cc1cccc(NC(=O)NC2SC(c3ccccc3Cl)c3cc(Cl)ccc3N(CC(C)(C)C)C2=O)c1. The molecule has 1 aliphatic heterocycles. The van der Waals surface area contributed by atoms with Crippen molar-refractivity contribution in [3.63, 3.8) is 0 Å². The van der Waals surface area contributed by atoms with Gasteiger partial charge in [-0.05, 0) is 65.4 Å². The van der Waals surface area contributed by atoms with Gasteiger partial charge in [0.25, 0.3) is 5.91 Å². The van der Waals surface area contributed by atoms with Crippen LogP contribution in [-0.4, -0.2) is 23.9 Å². The highest BCUT2D eigenvalue weighted by Gasteiger charge is 2.39. The fourth-order valence-corrected chi connectivity index (χ4v) is 6.05. The molecule has 0 fully saturated rings. The van der Waals surface area contributed by atoms with Crippen molar-refractivity contribution in [2.45, 2.75) is 38.3 Å². The summed E-state index contributed by atoms with van der Waals surface area (Å²) >= 11 is 14.4. The first-order valence-corrected chi connectivity index (χ1v) is 13.4. The van der Waals surface area contributed by atoms with Crippen LogP contribution < -0.4 is 15.5 Å². The van der Waals surface area contributed by atoms with Crippen LogP contribution in [-0.2, 0) is 4.79 Å². The van der Waals surface area contributed by atoms with E-state index in [1.165, 1.54) is 11.8 Å². The standard InChI is InChI=1S/C28H29Cl2N3O2S/c1-17-8-7-9-19(14-17)31-27(35)32-25-26(34)33(16-28(2,3)4)23-13-12-18(29)15-21(23)24(36-25)20-10-5-6-11-22(20)30/h5-15,24-25H,16H2,1-4H3,(H2,31,32,35). The number of rotatable bonds is 4. The first kappa shape index (κ1) is 26.4. The number of thioether (sulfide) groups is 1. The van der Waals surface area contributed by atoms with Gasteiger partial charge in [-0.3, -0.25) is 4.79 Å². The largest absolute Gasteiger partial charge is 0.320 e. The van der Waals surface area contributed by atoms with E-state index in [0.29, 0.717) is 22.3 Å². The molecule has 1 aliphatic rings. The molecule has 0 radical (unpaired) electrons. The Morgan fingerprint density at radius 2 is 1.75 bits per heavy atom. The molecule has 2 atom stereocenters. The van der Waals surface area contributed by atoms with Crippen LogP contribution in [0.4, 0.5) is 16.2 Å². The van der Waals surface area contributed by atoms with Gasteiger partial charge >= 0.3 is 6.03 Å². The number of aryl methyl sites for hydroxylation is 1. The lowest BCUT2D eigenvalue weighted by Gasteiger charge is -2.32. The average molecular weight is 543 g/mol. The molecule has 8 heteroatoms. The number of amides is 3. The molecule has 0 saturated carbocycles. The Morgan fingerprint density at radius 3 is 2.44 bits per heavy atom. The molecule has 5 nitrogen and oxygen atoms in total. The number of anilines is 2. The number of fused-ring (bicyclic) bond motifs is 1. The number of benzene rings is 3. The molecular formula is C28H29Cl2N3O2S. The van der Waals surface area contributed by atoms with Crippen molar-refractivity contribution >= 4 is 58.3 Å². The van der Waals surface area contributed by atoms with Gasteiger partial charge in [0, 0.05) is 28.0 Å². The minimum atomic E-state index is -0.857. The van der Waals surface area contributed by atoms with Crippen molar-refractivity contribution in [2.24, 2.45) is 5.41 Å². The molecule has 0 spiro atoms. The van der Waals surface area contributed by atoms with Crippen LogP contribution in [0.15, 0.2) is 66.7 Å². The second-order valence-electron chi connectivity index (χ2n) is 10.1. The minimum Gasteiger partial charge on any atom is -0.317 e. The van der Waals surface area contributed by atoms with E-state index >= 15 is 0 Å². The molecule has 0 aromatic heterocycles. The number of carbonyl (C=O) groups excluding carboxylic acids is 2. The topological polar surface area (TPSA) is 61.4 Å². The zero-order valence-electron chi connectivity index (χ0n) is 20.6. The number of hydrogen-bond donors (Lipinski definition) is 2. The zero-order chi connectivity index (χ0) is 26.0. The van der Waals surface area contributed by atoms with E-state index in [4.69, 9.17) is 23.2 Å². The van der Waals surface area contributed by atoms with Crippen molar-refractivity contribution in [2.75, 3.05) is 16.8 Å². The van der Waals surface area contributed by atoms with Gasteiger partial charge in [-0.25, -0.2) is 4.79 Å². The Balaban J connectivity index is 1.76. The Kier molecular flexibility index (Phi) is 7.88. The van der Waals surface area contributed by atoms with Gasteiger partial charge in [-0.2, -0.15) is 0 Å². The molecule has 0 bridgehead atoms. The summed E-state index contributed by atoms with van der Waals surface area (Å²) in [6, 6.07) is 20.2. The van der Waals surface area contributed by atoms with Gasteiger partial charge in [0.2, 0.25) is 0 Å². The maximum Gasteiger partial charge on any atom is 0.320 e. The molecule has 3 aromatic rings. The van der Waals surface area contributed by atoms with E-state index in [1.54, 1.807) is 11.0 Å². The van der Waals surface area contributed by atoms with Crippen LogP contribution in [0.5, 0.6) is 0 Å². The number of nitrogens with zero attached hydrogens (tertiary/aromatic N) is 1. The quantitative estimate of drug-likeness (QED) is 0.356. The summed E-state index contributed by atoms with van der Waals surface area (Å²) in [6.07, 6.45) is 0. The fraction of sp³-hybridized carbons (Fsp3) is 0.286. The van der Waals surface area contributed by atoms with Crippen molar-refractivity contribution in [1.29, 1.82) is 0 Å². The second kappa shape index (κ2) is 10.8. The van der Waals surface area contributed by atoms with Crippen LogP contribution in [0, 0.1) is 12.3 Å². The monoisotopic (exact) mass is 541 g/mol. The van der Waals surface area contributed by atoms with Gasteiger partial charge < -0.3 is 15.5 Å². The number of carbonyl (C=O) groups is 2. The Hall–Kier alpha value is -2.67. The molecule has 1 heterocycles. The minimum absolute atomic E-state index is 0.185. The van der Waals surface area contributed by atoms with E-state index in [-0.39, 0.29) is 16.6 Å². The summed E-state index contributed by atoms with van der Waals surface area (Å²) in [4.78, 5) is 28.8. The van der Waals surface area contributed by atoms with Gasteiger partial charge in [0.05, 0.1) is 5.25 Å². The van der Waals surface area contributed by atoms with Crippen molar-refractivity contribution < 1.29 is 9.59 Å². The van der Waals surface area contributed by atoms with Crippen LogP contribution in [0.2, 0.25) is 10.0 Å². The lowest BCUT2D eigenvalue weighted by atomic mass is 9.94. The molecule has 2 unspecified atom stereocenters. The van der Waals surface area contributed by atoms with E-state index < -0.39 is 11.4 Å². The summed E-state index contributed by atoms with van der Waals surface area (Å²) < 4.78 is 0. The zero-order valence-corrected chi connectivity index (χ0v) is 23.0. The summed E-state index contributed by atoms with van der Waals surface area (Å²) in [7, 11) is 0. The highest BCUT2D eigenvalue weighted by Crippen LogP contribution is 2.48. The number of halogens is 2. The maximum atomic E-state index is 14.0. The lowest BCUT2D eigenvalue weighted by Crippen LogP contribution is -2.49. The van der Waals surface area contributed by atoms with Crippen molar-refractivity contribution in [3.8, 4) is 0 Å². The lowest BCUT2D eigenvalue weighted by molar-refractivity contribution is -0.118. The highest BCUT2D eigenvalue weighted by molar-refractivity contribution is 8.01. The normalized spacial score (nSPS) is 17.8. The number of nitrogens with one attached hydrogen (secondary N) is 2. The molecule has 4 rings (SSSR count). The number of urea groups is 1. The molecular weight excluding hydrogens is 513 g/mol. The summed E-state index contributed by atoms with van der Waals surface area (Å²) in [6.45, 7) is 8.65. The van der Waals surface area contributed by atoms with E-state index in [2.05, 4.69) is 31.4 Å². The van der Waals surface area contributed by atoms with Crippen LogP contribution >= 0.6 is 35.0 Å². The Bertz CT molecular complexity index is 1290. The third-order valence-corrected chi connectivity index (χ3v) is 7.63. The predicted octanol–water partition coefficient (Wildman–Crippen LogP) is 7.66. The van der Waals surface area contributed by atoms with Gasteiger partial charge in [0.15, 0.2) is 5.37 Å². The number of hydrogen-bond acceptors (Lipinski definition) is 3. The molecule has 0 aliphatic carbocycles. The van der Waals surface area contributed by atoms with E-state index in [9.17, 15) is 9.59 Å². The first-order chi connectivity index (χ1) is 17.0. The molecule has 3 aromatic carbocycles. The third-order valence-electron chi connectivity index (χ3n) is 5.68. The van der Waals surface area contributed by atoms with Gasteiger partial charge in [0.1, 0.15) is 0 Å². The Labute approximate surface area is 226 Å². The molecule has 36 heavy (non-hydrogen) atoms. The molecule has 2 N–H and O–H groups in total. The van der Waals surface area contributed by atoms with E-state index in [1.807, 2.05) is 67.6 Å². The third kappa shape index (κ3) is 6.17. The maximum absolute atomic E-state index is 14.0. The van der Waals surface area contributed by atoms with Crippen LogP contribution in [0.25, 0.3) is 0 Å². The van der Waals surface area contributed by atoms with Gasteiger partial charge in [-0.15, -0.1) is 11.8 Å². The van der Waals surface area contributed by atoms with Crippen molar-refractivity contribution in [1.82, 2.24) is 5.32 Å². The van der Waals surface area contributed by atoms with Gasteiger partial charge in [-0.1, -0.05) is 74.3 Å². The summed E-state index contributed by atoms with van der Waals surface area (Å²) in [5.74, 6) is -0.201. The summed E-state index contributed by atoms with van der Waals surface area (Å²) in [5, 5.41) is 5.72. The second-order valence-corrected chi connectivity index (χ2v) is 12.1. The average Bonchev–Trinajstić information content (AvgIpc) is 2.89. The fourth-order valence-electron chi connectivity index (χ4n) is 4.18. The Morgan fingerprint density at radius 1 is 1.00 bits per heavy atom.